The van der Waals surface area contributed by atoms with Gasteiger partial charge in [-0.3, -0.25) is 0 Å². The Morgan fingerprint density at radius 3 is 1.26 bits per heavy atom. The molecule has 0 bridgehead atoms. The summed E-state index contributed by atoms with van der Waals surface area (Å²) >= 11 is 3.67. The summed E-state index contributed by atoms with van der Waals surface area (Å²) in [5, 5.41) is 9.94. The first-order valence-corrected chi connectivity index (χ1v) is 17.8. The highest BCUT2D eigenvalue weighted by molar-refractivity contribution is 9.09. The molecular formula is C31H56BrOP. The zero-order valence-corrected chi connectivity index (χ0v) is 24.8. The van der Waals surface area contributed by atoms with Crippen LogP contribution in [-0.2, 0) is 6.16 Å². The van der Waals surface area contributed by atoms with E-state index in [1.165, 1.54) is 151 Å². The molecule has 0 heterocycles. The van der Waals surface area contributed by atoms with Crippen LogP contribution in [0.2, 0.25) is 0 Å². The Kier molecular flexibility index (Phi) is 24.7. The predicted octanol–water partition coefficient (Wildman–Crippen LogP) is 10.9. The zero-order chi connectivity index (χ0) is 24.4. The molecule has 0 fully saturated rings. The Bertz CT molecular complexity index is 509. The topological polar surface area (TPSA) is 20.2 Å². The minimum Gasteiger partial charge on any atom is -0.396 e. The van der Waals surface area contributed by atoms with Gasteiger partial charge in [0.15, 0.2) is 0 Å². The van der Waals surface area contributed by atoms with Crippen molar-refractivity contribution >= 4 is 23.9 Å². The highest BCUT2D eigenvalue weighted by atomic mass is 79.9. The Morgan fingerprint density at radius 2 is 0.882 bits per heavy atom. The lowest BCUT2D eigenvalue weighted by Crippen LogP contribution is -1.96. The summed E-state index contributed by atoms with van der Waals surface area (Å²) in [4.78, 5) is 0. The Balaban J connectivity index is 1.78. The van der Waals surface area contributed by atoms with Crippen LogP contribution in [0, 0.1) is 0 Å². The molecule has 1 N–H and O–H groups in total. The van der Waals surface area contributed by atoms with Gasteiger partial charge in [0.05, 0.1) is 0 Å². The van der Waals surface area contributed by atoms with Crippen LogP contribution < -0.4 is 0 Å². The minimum atomic E-state index is 0.163. The van der Waals surface area contributed by atoms with E-state index in [4.69, 9.17) is 5.11 Å². The lowest BCUT2D eigenvalue weighted by atomic mass is 10.0. The number of unbranched alkanes of at least 4 members (excludes halogenated alkanes) is 19. The first-order valence-electron chi connectivity index (χ1n) is 14.8. The molecule has 1 aromatic carbocycles. The van der Waals surface area contributed by atoms with Crippen LogP contribution in [0.3, 0.4) is 0 Å². The SMILES string of the molecule is OCCCCCCCCCCCCCCCCCCCCCCP(CCBr)Cc1ccccc1. The number of hydrogen-bond acceptors (Lipinski definition) is 1. The maximum absolute atomic E-state index is 8.78. The predicted molar refractivity (Wildman–Crippen MR) is 160 cm³/mol. The Morgan fingerprint density at radius 1 is 0.500 bits per heavy atom. The molecule has 3 heteroatoms. The molecule has 0 aliphatic rings. The second-order valence-electron chi connectivity index (χ2n) is 10.2. The lowest BCUT2D eigenvalue weighted by Gasteiger charge is -2.16. The molecular weight excluding hydrogens is 499 g/mol. The number of aliphatic hydroxyl groups excluding tert-OH is 1. The monoisotopic (exact) mass is 554 g/mol. The molecule has 0 saturated carbocycles. The van der Waals surface area contributed by atoms with Crippen LogP contribution in [0.1, 0.15) is 134 Å². The van der Waals surface area contributed by atoms with Gasteiger partial charge in [0.1, 0.15) is 0 Å². The molecule has 1 aromatic rings. The summed E-state index contributed by atoms with van der Waals surface area (Å²) in [5.74, 6) is 0. The third kappa shape index (κ3) is 21.4. The summed E-state index contributed by atoms with van der Waals surface area (Å²) in [6.07, 6.45) is 32.2. The summed E-state index contributed by atoms with van der Waals surface area (Å²) < 4.78 is 0. The number of aliphatic hydroxyl groups is 1. The van der Waals surface area contributed by atoms with Crippen molar-refractivity contribution in [2.75, 3.05) is 24.3 Å². The molecule has 0 saturated heterocycles. The molecule has 0 aliphatic heterocycles. The highest BCUT2D eigenvalue weighted by Gasteiger charge is 2.08. The Hall–Kier alpha value is 0.0900. The number of rotatable bonds is 26. The van der Waals surface area contributed by atoms with E-state index < -0.39 is 0 Å². The molecule has 34 heavy (non-hydrogen) atoms. The summed E-state index contributed by atoms with van der Waals surface area (Å²) in [5.41, 5.74) is 1.53. The largest absolute Gasteiger partial charge is 0.396 e. The number of hydrogen-bond donors (Lipinski definition) is 1. The zero-order valence-electron chi connectivity index (χ0n) is 22.3. The van der Waals surface area contributed by atoms with Gasteiger partial charge in [-0.2, -0.15) is 0 Å². The van der Waals surface area contributed by atoms with Gasteiger partial charge in [-0.05, 0) is 36.9 Å². The van der Waals surface area contributed by atoms with Gasteiger partial charge in [0.25, 0.3) is 0 Å². The molecule has 0 aromatic heterocycles. The van der Waals surface area contributed by atoms with Crippen molar-refractivity contribution in [3.63, 3.8) is 0 Å². The van der Waals surface area contributed by atoms with Crippen molar-refractivity contribution in [3.05, 3.63) is 35.9 Å². The number of benzene rings is 1. The summed E-state index contributed by atoms with van der Waals surface area (Å²) in [7, 11) is 0.163. The van der Waals surface area contributed by atoms with Gasteiger partial charge in [-0.1, -0.05) is 162 Å². The second kappa shape index (κ2) is 26.2. The van der Waals surface area contributed by atoms with Crippen molar-refractivity contribution < 1.29 is 5.11 Å². The van der Waals surface area contributed by atoms with E-state index in [1.54, 1.807) is 0 Å². The van der Waals surface area contributed by atoms with Crippen LogP contribution in [0.15, 0.2) is 30.3 Å². The maximum atomic E-state index is 8.78. The van der Waals surface area contributed by atoms with E-state index in [0.29, 0.717) is 6.61 Å². The minimum absolute atomic E-state index is 0.163. The molecule has 198 valence electrons. The first kappa shape index (κ1) is 32.1. The van der Waals surface area contributed by atoms with Crippen molar-refractivity contribution in [1.82, 2.24) is 0 Å². The van der Waals surface area contributed by atoms with E-state index in [0.717, 1.165) is 6.42 Å². The van der Waals surface area contributed by atoms with Gasteiger partial charge in [-0.15, -0.1) is 7.92 Å². The molecule has 0 aliphatic carbocycles. The third-order valence-electron chi connectivity index (χ3n) is 7.03. The fourth-order valence-electron chi connectivity index (χ4n) is 4.86. The van der Waals surface area contributed by atoms with Crippen LogP contribution in [0.25, 0.3) is 0 Å². The van der Waals surface area contributed by atoms with Crippen LogP contribution in [0.4, 0.5) is 0 Å². The van der Waals surface area contributed by atoms with Crippen molar-refractivity contribution in [2.45, 2.75) is 135 Å². The van der Waals surface area contributed by atoms with Crippen molar-refractivity contribution in [1.29, 1.82) is 0 Å². The maximum Gasteiger partial charge on any atom is 0.0431 e. The lowest BCUT2D eigenvalue weighted by molar-refractivity contribution is 0.282. The molecule has 1 rings (SSSR count). The van der Waals surface area contributed by atoms with Crippen molar-refractivity contribution in [3.8, 4) is 0 Å². The second-order valence-corrected chi connectivity index (χ2v) is 13.6. The van der Waals surface area contributed by atoms with Crippen LogP contribution in [-0.4, -0.2) is 29.4 Å². The van der Waals surface area contributed by atoms with E-state index >= 15 is 0 Å². The molecule has 0 amide bonds. The van der Waals surface area contributed by atoms with E-state index in [2.05, 4.69) is 46.3 Å². The van der Waals surface area contributed by atoms with Gasteiger partial charge in [-0.25, -0.2) is 0 Å². The molecule has 1 nitrogen and oxygen atoms in total. The van der Waals surface area contributed by atoms with Gasteiger partial charge >= 0.3 is 0 Å². The summed E-state index contributed by atoms with van der Waals surface area (Å²) in [6.45, 7) is 0.370. The normalized spacial score (nSPS) is 12.3. The molecule has 0 radical (unpaired) electrons. The number of alkyl halides is 1. The van der Waals surface area contributed by atoms with Crippen LogP contribution >= 0.6 is 23.9 Å². The number of halogens is 1. The average molecular weight is 556 g/mol. The quantitative estimate of drug-likeness (QED) is 0.0685. The molecule has 1 atom stereocenters. The van der Waals surface area contributed by atoms with Gasteiger partial charge < -0.3 is 5.11 Å². The summed E-state index contributed by atoms with van der Waals surface area (Å²) in [6, 6.07) is 11.1. The van der Waals surface area contributed by atoms with E-state index in [-0.39, 0.29) is 7.92 Å². The molecule has 0 spiro atoms. The smallest absolute Gasteiger partial charge is 0.0431 e. The third-order valence-corrected chi connectivity index (χ3v) is 10.7. The van der Waals surface area contributed by atoms with Crippen molar-refractivity contribution in [2.24, 2.45) is 0 Å². The molecule has 1 unspecified atom stereocenters. The first-order chi connectivity index (χ1) is 16.9. The fourth-order valence-corrected chi connectivity index (χ4v) is 8.54. The van der Waals surface area contributed by atoms with E-state index in [1.807, 2.05) is 0 Å². The van der Waals surface area contributed by atoms with Gasteiger partial charge in [0.2, 0.25) is 0 Å². The Labute approximate surface area is 223 Å². The van der Waals surface area contributed by atoms with Crippen LogP contribution in [0.5, 0.6) is 0 Å². The van der Waals surface area contributed by atoms with Gasteiger partial charge in [0, 0.05) is 11.9 Å². The highest BCUT2D eigenvalue weighted by Crippen LogP contribution is 2.40. The standard InChI is InChI=1S/C31H56BrOP/c32-26-29-34(30-31-24-20-19-21-25-31)28-23-18-16-14-12-10-8-6-4-2-1-3-5-7-9-11-13-15-17-22-27-33/h19-21,24-25,33H,1-18,22-23,26-30H2. The van der Waals surface area contributed by atoms with E-state index in [9.17, 15) is 0 Å². The average Bonchev–Trinajstić information content (AvgIpc) is 2.85. The fraction of sp³-hybridized carbons (Fsp3) is 0.806.